The van der Waals surface area contributed by atoms with Gasteiger partial charge < -0.3 is 5.32 Å². The molecule has 0 aliphatic rings. The first-order chi connectivity index (χ1) is 9.11. The summed E-state index contributed by atoms with van der Waals surface area (Å²) in [5.41, 5.74) is 0.875. The highest BCUT2D eigenvalue weighted by atomic mass is 19.1. The Morgan fingerprint density at radius 3 is 2.95 bits per heavy atom. The number of H-pyrrole nitrogens is 1. The number of fused-ring (bicyclic) bond motifs is 1. The Morgan fingerprint density at radius 1 is 1.32 bits per heavy atom. The molecule has 1 aromatic carbocycles. The molecule has 3 rings (SSSR count). The van der Waals surface area contributed by atoms with Gasteiger partial charge >= 0.3 is 0 Å². The molecule has 0 spiro atoms. The molecular weight excluding hydrogens is 249 g/mol. The molecule has 0 fully saturated rings. The van der Waals surface area contributed by atoms with Crippen molar-refractivity contribution in [1.82, 2.24) is 19.6 Å². The lowest BCUT2D eigenvalue weighted by Crippen LogP contribution is -2.14. The minimum absolute atomic E-state index is 0.248. The van der Waals surface area contributed by atoms with Crippen LogP contribution in [0.5, 0.6) is 0 Å². The lowest BCUT2D eigenvalue weighted by atomic mass is 10.3. The number of nitrogens with zero attached hydrogens (tertiary/aromatic N) is 3. The predicted molar refractivity (Wildman–Crippen MR) is 68.0 cm³/mol. The van der Waals surface area contributed by atoms with Gasteiger partial charge in [-0.1, -0.05) is 6.07 Å². The zero-order valence-electron chi connectivity index (χ0n) is 10.0. The molecule has 0 atom stereocenters. The molecule has 2 N–H and O–H groups in total. The van der Waals surface area contributed by atoms with Crippen molar-refractivity contribution in [2.45, 2.75) is 6.92 Å². The van der Waals surface area contributed by atoms with Crippen LogP contribution in [0.25, 0.3) is 5.78 Å². The van der Waals surface area contributed by atoms with Crippen LogP contribution in [0.2, 0.25) is 0 Å². The second-order valence-corrected chi connectivity index (χ2v) is 4.08. The molecule has 2 aromatic heterocycles. The molecule has 0 aliphatic heterocycles. The van der Waals surface area contributed by atoms with Gasteiger partial charge in [-0.15, -0.1) is 0 Å². The van der Waals surface area contributed by atoms with Gasteiger partial charge in [-0.05, 0) is 25.1 Å². The van der Waals surface area contributed by atoms with E-state index in [-0.39, 0.29) is 17.2 Å². The molecule has 0 aliphatic carbocycles. The predicted octanol–water partition coefficient (Wildman–Crippen LogP) is 1.61. The standard InChI is InChI=1S/C12H10FN5O/c1-7-5-10(19)18-12(14-7)16-11(17-18)15-9-4-2-3-8(13)6-9/h2-6H,1H3,(H2,14,15,16,17). The van der Waals surface area contributed by atoms with Crippen molar-refractivity contribution in [2.24, 2.45) is 0 Å². The van der Waals surface area contributed by atoms with E-state index in [0.717, 1.165) is 0 Å². The van der Waals surface area contributed by atoms with Crippen LogP contribution in [0.15, 0.2) is 35.1 Å². The van der Waals surface area contributed by atoms with Gasteiger partial charge in [0.05, 0.1) is 0 Å². The molecule has 0 radical (unpaired) electrons. The molecule has 7 heteroatoms. The Morgan fingerprint density at radius 2 is 2.16 bits per heavy atom. The van der Waals surface area contributed by atoms with Gasteiger partial charge in [0.15, 0.2) is 0 Å². The average Bonchev–Trinajstić information content (AvgIpc) is 2.71. The topological polar surface area (TPSA) is 75.1 Å². The molecule has 0 unspecified atom stereocenters. The van der Waals surface area contributed by atoms with Crippen LogP contribution >= 0.6 is 0 Å². The highest BCUT2D eigenvalue weighted by Crippen LogP contribution is 2.14. The maximum absolute atomic E-state index is 13.1. The van der Waals surface area contributed by atoms with E-state index < -0.39 is 0 Å². The number of hydrogen-bond acceptors (Lipinski definition) is 4. The molecule has 2 heterocycles. The first-order valence-electron chi connectivity index (χ1n) is 5.61. The van der Waals surface area contributed by atoms with Crippen molar-refractivity contribution in [2.75, 3.05) is 5.32 Å². The second-order valence-electron chi connectivity index (χ2n) is 4.08. The summed E-state index contributed by atoms with van der Waals surface area (Å²) in [6, 6.07) is 7.34. The Balaban J connectivity index is 2.02. The first kappa shape index (κ1) is 11.4. The molecule has 0 amide bonds. The van der Waals surface area contributed by atoms with Gasteiger partial charge in [-0.25, -0.2) is 9.37 Å². The van der Waals surface area contributed by atoms with Crippen LogP contribution < -0.4 is 10.9 Å². The van der Waals surface area contributed by atoms with Crippen molar-refractivity contribution in [3.05, 3.63) is 52.2 Å². The number of aryl methyl sites for hydroxylation is 1. The van der Waals surface area contributed by atoms with E-state index in [2.05, 4.69) is 20.4 Å². The normalized spacial score (nSPS) is 10.8. The van der Waals surface area contributed by atoms with Crippen molar-refractivity contribution in [3.8, 4) is 0 Å². The van der Waals surface area contributed by atoms with E-state index in [1.165, 1.54) is 22.7 Å². The number of aromatic amines is 1. The number of benzene rings is 1. The van der Waals surface area contributed by atoms with Gasteiger partial charge in [0, 0.05) is 17.4 Å². The summed E-state index contributed by atoms with van der Waals surface area (Å²) in [7, 11) is 0. The van der Waals surface area contributed by atoms with Crippen molar-refractivity contribution in [3.63, 3.8) is 0 Å². The molecule has 0 saturated heterocycles. The Kier molecular flexibility index (Phi) is 2.52. The molecule has 96 valence electrons. The molecule has 0 saturated carbocycles. The minimum Gasteiger partial charge on any atom is -0.324 e. The second kappa shape index (κ2) is 4.20. The summed E-state index contributed by atoms with van der Waals surface area (Å²) in [5.74, 6) is 0.233. The zero-order valence-corrected chi connectivity index (χ0v) is 10.0. The summed E-state index contributed by atoms with van der Waals surface area (Å²) < 4.78 is 14.3. The van der Waals surface area contributed by atoms with Crippen LogP contribution in [0.3, 0.4) is 0 Å². The summed E-state index contributed by atoms with van der Waals surface area (Å²) >= 11 is 0. The van der Waals surface area contributed by atoms with E-state index in [1.54, 1.807) is 19.1 Å². The number of nitrogens with one attached hydrogen (secondary N) is 2. The SMILES string of the molecule is Cc1cc(=O)n2[nH]c(Nc3cccc(F)c3)nc2n1. The van der Waals surface area contributed by atoms with Gasteiger partial charge in [0.25, 0.3) is 11.3 Å². The van der Waals surface area contributed by atoms with E-state index in [4.69, 9.17) is 0 Å². The van der Waals surface area contributed by atoms with Crippen LogP contribution in [0, 0.1) is 12.7 Å². The number of halogens is 1. The van der Waals surface area contributed by atoms with Gasteiger partial charge in [0.1, 0.15) is 5.82 Å². The third-order valence-electron chi connectivity index (χ3n) is 2.55. The smallest absolute Gasteiger partial charge is 0.274 e. The fourth-order valence-corrected chi connectivity index (χ4v) is 1.75. The number of hydrogen-bond donors (Lipinski definition) is 2. The van der Waals surface area contributed by atoms with Crippen molar-refractivity contribution in [1.29, 1.82) is 0 Å². The van der Waals surface area contributed by atoms with Gasteiger partial charge in [-0.2, -0.15) is 9.50 Å². The fourth-order valence-electron chi connectivity index (χ4n) is 1.75. The molecule has 6 nitrogen and oxygen atoms in total. The van der Waals surface area contributed by atoms with E-state index >= 15 is 0 Å². The zero-order chi connectivity index (χ0) is 13.4. The summed E-state index contributed by atoms with van der Waals surface area (Å²) in [5, 5.41) is 5.63. The monoisotopic (exact) mass is 259 g/mol. The third kappa shape index (κ3) is 2.17. The van der Waals surface area contributed by atoms with E-state index in [9.17, 15) is 9.18 Å². The highest BCUT2D eigenvalue weighted by molar-refractivity contribution is 5.54. The molecular formula is C12H10FN5O. The Hall–Kier alpha value is -2.70. The lowest BCUT2D eigenvalue weighted by molar-refractivity contribution is 0.628. The number of aromatic nitrogens is 4. The molecule has 19 heavy (non-hydrogen) atoms. The molecule has 3 aromatic rings. The lowest BCUT2D eigenvalue weighted by Gasteiger charge is -2.00. The first-order valence-corrected chi connectivity index (χ1v) is 5.61. The third-order valence-corrected chi connectivity index (χ3v) is 2.55. The van der Waals surface area contributed by atoms with Crippen LogP contribution in [0.4, 0.5) is 16.0 Å². The maximum atomic E-state index is 13.1. The van der Waals surface area contributed by atoms with Gasteiger partial charge in [-0.3, -0.25) is 9.89 Å². The summed E-state index contributed by atoms with van der Waals surface area (Å²) in [4.78, 5) is 19.9. The fraction of sp³-hybridized carbons (Fsp3) is 0.0833. The van der Waals surface area contributed by atoms with Crippen LogP contribution in [-0.2, 0) is 0 Å². The Bertz CT molecular complexity index is 807. The Labute approximate surface area is 106 Å². The van der Waals surface area contributed by atoms with E-state index in [0.29, 0.717) is 17.3 Å². The maximum Gasteiger partial charge on any atom is 0.274 e. The summed E-state index contributed by atoms with van der Waals surface area (Å²) in [6.07, 6.45) is 0. The van der Waals surface area contributed by atoms with Crippen molar-refractivity contribution < 1.29 is 4.39 Å². The van der Waals surface area contributed by atoms with Crippen LogP contribution in [0.1, 0.15) is 5.69 Å². The highest BCUT2D eigenvalue weighted by Gasteiger charge is 2.06. The van der Waals surface area contributed by atoms with E-state index in [1.807, 2.05) is 0 Å². The van der Waals surface area contributed by atoms with Gasteiger partial charge in [0.2, 0.25) is 5.95 Å². The molecule has 0 bridgehead atoms. The average molecular weight is 259 g/mol. The van der Waals surface area contributed by atoms with Crippen molar-refractivity contribution >= 4 is 17.4 Å². The van der Waals surface area contributed by atoms with Crippen LogP contribution in [-0.4, -0.2) is 19.6 Å². The quantitative estimate of drug-likeness (QED) is 0.733. The summed E-state index contributed by atoms with van der Waals surface area (Å²) in [6.45, 7) is 1.72. The largest absolute Gasteiger partial charge is 0.324 e. The number of rotatable bonds is 2. The minimum atomic E-state index is -0.354. The number of anilines is 2.